The van der Waals surface area contributed by atoms with Gasteiger partial charge in [0.25, 0.3) is 0 Å². The van der Waals surface area contributed by atoms with Crippen molar-refractivity contribution in [3.8, 4) is 0 Å². The SMILES string of the molecule is CCCCCCCCCCCCCCCCCCCCCCCC(=O)N[C@@H](CCCCCCCCCCCCCCCC)CO[C@@H]1O[C@H](CO[C@@H]2O[C@@H](C)[C@@H](O)[C@@H](O)[C@@H]2O)[C@@H](O[C@@H]2O[C@H](CO)[C@@H](O)[C@H](O)[C@H]2NC(C)=O)[C@H](O)[C@H]1NC(C)=O. The molecule has 16 atom stereocenters. The van der Waals surface area contributed by atoms with Crippen LogP contribution >= 0.6 is 0 Å². The van der Waals surface area contributed by atoms with Crippen molar-refractivity contribution in [3.05, 3.63) is 0 Å². The van der Waals surface area contributed by atoms with Gasteiger partial charge < -0.3 is 80.1 Å². The maximum Gasteiger partial charge on any atom is 0.220 e. The Balaban J connectivity index is 1.62. The lowest BCUT2D eigenvalue weighted by molar-refractivity contribution is -0.344. The molecule has 3 aliphatic heterocycles. The molecule has 3 heterocycles. The van der Waals surface area contributed by atoms with Crippen molar-refractivity contribution in [3.63, 3.8) is 0 Å². The van der Waals surface area contributed by atoms with Gasteiger partial charge in [0.1, 0.15) is 67.0 Å². The van der Waals surface area contributed by atoms with Crippen molar-refractivity contribution < 1.29 is 78.6 Å². The monoisotopic (exact) mass is 1190 g/mol. The molecular formula is C64H121N3O16. The zero-order valence-electron chi connectivity index (χ0n) is 52.3. The number of carbonyl (C=O) groups is 3. The molecular weight excluding hydrogens is 1070 g/mol. The molecule has 3 aliphatic rings. The lowest BCUT2D eigenvalue weighted by atomic mass is 9.94. The smallest absolute Gasteiger partial charge is 0.220 e. The van der Waals surface area contributed by atoms with Gasteiger partial charge in [-0.1, -0.05) is 232 Å². The maximum atomic E-state index is 13.6. The van der Waals surface area contributed by atoms with Crippen LogP contribution < -0.4 is 16.0 Å². The summed E-state index contributed by atoms with van der Waals surface area (Å²) in [5.41, 5.74) is 0. The van der Waals surface area contributed by atoms with Crippen molar-refractivity contribution in [1.29, 1.82) is 0 Å². The van der Waals surface area contributed by atoms with Crippen LogP contribution in [-0.2, 0) is 42.8 Å². The minimum Gasteiger partial charge on any atom is -0.394 e. The minimum atomic E-state index is -1.70. The van der Waals surface area contributed by atoms with Gasteiger partial charge in [0, 0.05) is 20.3 Å². The summed E-state index contributed by atoms with van der Waals surface area (Å²) in [4.78, 5) is 38.8. The van der Waals surface area contributed by atoms with E-state index in [1.54, 1.807) is 0 Å². The van der Waals surface area contributed by atoms with E-state index in [1.807, 2.05) is 0 Å². The molecule has 10 N–H and O–H groups in total. The molecule has 0 spiro atoms. The number of hydrogen-bond donors (Lipinski definition) is 10. The number of aliphatic hydroxyl groups is 7. The summed E-state index contributed by atoms with van der Waals surface area (Å²) in [6.45, 7) is 7.12. The van der Waals surface area contributed by atoms with Gasteiger partial charge in [-0.25, -0.2) is 0 Å². The molecule has 0 unspecified atom stereocenters. The third-order valence-electron chi connectivity index (χ3n) is 17.1. The van der Waals surface area contributed by atoms with Gasteiger partial charge in [-0.3, -0.25) is 14.4 Å². The van der Waals surface area contributed by atoms with Crippen molar-refractivity contribution in [1.82, 2.24) is 16.0 Å². The number of ether oxygens (including phenoxy) is 6. The number of rotatable bonds is 49. The van der Waals surface area contributed by atoms with E-state index >= 15 is 0 Å². The summed E-state index contributed by atoms with van der Waals surface area (Å²) in [5.74, 6) is -1.26. The molecule has 0 aliphatic carbocycles. The van der Waals surface area contributed by atoms with Crippen LogP contribution in [0.5, 0.6) is 0 Å². The third kappa shape index (κ3) is 31.1. The Bertz CT molecular complexity index is 1640. The zero-order valence-corrected chi connectivity index (χ0v) is 52.3. The highest BCUT2D eigenvalue weighted by molar-refractivity contribution is 5.76. The zero-order chi connectivity index (χ0) is 60.6. The van der Waals surface area contributed by atoms with Crippen molar-refractivity contribution >= 4 is 17.7 Å². The standard InChI is InChI=1S/C64H121N3O16/c1-6-8-10-12-14-16-18-20-22-23-24-25-26-27-28-30-32-34-36-38-40-42-52(71)67-49(41-39-37-35-33-31-29-21-19-17-15-13-11-9-7-2)44-78-62-54(66-48(5)70)58(75)61(51(82-62)45-79-64-60(77)59(76)55(72)46(3)80-64)83-63-53(65-47(4)69)57(74)56(73)50(43-68)81-63/h46,49-51,53-64,68,72-77H,6-45H2,1-5H3,(H,65,69)(H,66,70)(H,67,71)/t46-,49-,50+,51+,53+,54+,55+,56+,57+,58+,59+,60-,61+,62+,63-,64+/m0/s1. The van der Waals surface area contributed by atoms with E-state index in [2.05, 4.69) is 29.8 Å². The lowest BCUT2D eigenvalue weighted by Crippen LogP contribution is -2.69. The maximum absolute atomic E-state index is 13.6. The van der Waals surface area contributed by atoms with Crippen molar-refractivity contribution in [2.75, 3.05) is 19.8 Å². The number of amides is 3. The molecule has 0 aromatic carbocycles. The summed E-state index contributed by atoms with van der Waals surface area (Å²) in [6, 6.07) is -3.18. The molecule has 19 heteroatoms. The first kappa shape index (κ1) is 75.1. The summed E-state index contributed by atoms with van der Waals surface area (Å²) < 4.78 is 36.7. The molecule has 0 radical (unpaired) electrons. The molecule has 0 aromatic rings. The Kier molecular flexibility index (Phi) is 41.7. The fourth-order valence-electron chi connectivity index (χ4n) is 11.8. The van der Waals surface area contributed by atoms with E-state index in [0.717, 1.165) is 51.4 Å². The van der Waals surface area contributed by atoms with E-state index in [1.165, 1.54) is 194 Å². The molecule has 0 saturated carbocycles. The average Bonchev–Trinajstić information content (AvgIpc) is 3.51. The molecule has 3 rings (SSSR count). The fraction of sp³-hybridized carbons (Fsp3) is 0.953. The second-order valence-electron chi connectivity index (χ2n) is 24.6. The first-order valence-electron chi connectivity index (χ1n) is 33.5. The number of unbranched alkanes of at least 4 members (excludes halogenated alkanes) is 33. The topological polar surface area (TPSA) is 284 Å². The van der Waals surface area contributed by atoms with Crippen LogP contribution in [0.15, 0.2) is 0 Å². The first-order valence-corrected chi connectivity index (χ1v) is 33.5. The Morgan fingerprint density at radius 3 is 1.29 bits per heavy atom. The highest BCUT2D eigenvalue weighted by Gasteiger charge is 2.53. The molecule has 19 nitrogen and oxygen atoms in total. The number of aliphatic hydroxyl groups excluding tert-OH is 7. The van der Waals surface area contributed by atoms with Crippen molar-refractivity contribution in [2.45, 2.75) is 370 Å². The third-order valence-corrected chi connectivity index (χ3v) is 17.1. The Morgan fingerprint density at radius 1 is 0.446 bits per heavy atom. The van der Waals surface area contributed by atoms with E-state index in [-0.39, 0.29) is 12.5 Å². The largest absolute Gasteiger partial charge is 0.394 e. The summed E-state index contributed by atoms with van der Waals surface area (Å²) in [7, 11) is 0. The molecule has 3 saturated heterocycles. The summed E-state index contributed by atoms with van der Waals surface area (Å²) in [6.07, 6.45) is 25.4. The second-order valence-corrected chi connectivity index (χ2v) is 24.6. The number of carbonyl (C=O) groups excluding carboxylic acids is 3. The van der Waals surface area contributed by atoms with E-state index < -0.39 is 123 Å². The van der Waals surface area contributed by atoms with Gasteiger partial charge in [0.2, 0.25) is 17.7 Å². The van der Waals surface area contributed by atoms with Crippen LogP contribution in [0.3, 0.4) is 0 Å². The number of hydrogen-bond acceptors (Lipinski definition) is 16. The summed E-state index contributed by atoms with van der Waals surface area (Å²) >= 11 is 0. The first-order chi connectivity index (χ1) is 40.1. The average molecular weight is 1190 g/mol. The fourth-order valence-corrected chi connectivity index (χ4v) is 11.8. The predicted octanol–water partition coefficient (Wildman–Crippen LogP) is 8.72. The second kappa shape index (κ2) is 46.1. The van der Waals surface area contributed by atoms with Gasteiger partial charge in [0.05, 0.1) is 32.0 Å². The molecule has 3 fully saturated rings. The predicted molar refractivity (Wildman–Crippen MR) is 321 cm³/mol. The number of nitrogens with one attached hydrogen (secondary N) is 3. The molecule has 0 aromatic heterocycles. The Labute approximate surface area is 500 Å². The van der Waals surface area contributed by atoms with E-state index in [9.17, 15) is 50.1 Å². The van der Waals surface area contributed by atoms with Crippen LogP contribution in [0.1, 0.15) is 272 Å². The normalized spacial score (nSPS) is 28.7. The van der Waals surface area contributed by atoms with Gasteiger partial charge in [-0.2, -0.15) is 0 Å². The van der Waals surface area contributed by atoms with Crippen LogP contribution in [0.4, 0.5) is 0 Å². The van der Waals surface area contributed by atoms with Gasteiger partial charge >= 0.3 is 0 Å². The van der Waals surface area contributed by atoms with Gasteiger partial charge in [-0.15, -0.1) is 0 Å². The highest BCUT2D eigenvalue weighted by atomic mass is 16.7. The van der Waals surface area contributed by atoms with Gasteiger partial charge in [0.15, 0.2) is 18.9 Å². The Morgan fingerprint density at radius 2 is 0.855 bits per heavy atom. The van der Waals surface area contributed by atoms with Gasteiger partial charge in [-0.05, 0) is 19.8 Å². The molecule has 0 bridgehead atoms. The van der Waals surface area contributed by atoms with Crippen molar-refractivity contribution in [2.24, 2.45) is 0 Å². The van der Waals surface area contributed by atoms with E-state index in [4.69, 9.17) is 28.4 Å². The quantitative estimate of drug-likeness (QED) is 0.0255. The Hall–Kier alpha value is -2.11. The van der Waals surface area contributed by atoms with Crippen LogP contribution in [0.2, 0.25) is 0 Å². The highest BCUT2D eigenvalue weighted by Crippen LogP contribution is 2.32. The van der Waals surface area contributed by atoms with Crippen LogP contribution in [0, 0.1) is 0 Å². The lowest BCUT2D eigenvalue weighted by Gasteiger charge is -2.48. The van der Waals surface area contributed by atoms with E-state index in [0.29, 0.717) is 12.8 Å². The molecule has 83 heavy (non-hydrogen) atoms. The van der Waals surface area contributed by atoms with Crippen LogP contribution in [0.25, 0.3) is 0 Å². The molecule has 3 amide bonds. The minimum absolute atomic E-state index is 0.0548. The molecule has 488 valence electrons. The van der Waals surface area contributed by atoms with Crippen LogP contribution in [-0.4, -0.2) is 171 Å². The summed E-state index contributed by atoms with van der Waals surface area (Å²) in [5, 5.41) is 84.2.